The first-order valence-electron chi connectivity index (χ1n) is 6.32. The van der Waals surface area contributed by atoms with Gasteiger partial charge in [0.25, 0.3) is 0 Å². The van der Waals surface area contributed by atoms with E-state index in [4.69, 9.17) is 5.73 Å². The molecule has 2 aromatic rings. The third-order valence-corrected chi connectivity index (χ3v) is 3.30. The van der Waals surface area contributed by atoms with Gasteiger partial charge in [0.2, 0.25) is 0 Å². The average Bonchev–Trinajstić information content (AvgIpc) is 2.95. The highest BCUT2D eigenvalue weighted by Crippen LogP contribution is 2.28. The van der Waals surface area contributed by atoms with Crippen LogP contribution in [-0.2, 0) is 13.6 Å². The second-order valence-electron chi connectivity index (χ2n) is 4.78. The largest absolute Gasteiger partial charge is 0.385 e. The minimum absolute atomic E-state index is 0.305. The van der Waals surface area contributed by atoms with Crippen molar-refractivity contribution in [3.8, 4) is 0 Å². The van der Waals surface area contributed by atoms with Crippen molar-refractivity contribution in [2.75, 3.05) is 0 Å². The summed E-state index contributed by atoms with van der Waals surface area (Å²) in [5.74, 6) is 0.318. The van der Waals surface area contributed by atoms with Gasteiger partial charge in [-0.2, -0.15) is 10.1 Å². The maximum Gasteiger partial charge on any atom is 0.346 e. The van der Waals surface area contributed by atoms with Gasteiger partial charge in [-0.25, -0.2) is 4.79 Å². The van der Waals surface area contributed by atoms with Crippen molar-refractivity contribution in [2.45, 2.75) is 12.6 Å². The predicted molar refractivity (Wildman–Crippen MR) is 75.0 cm³/mol. The molecule has 2 heterocycles. The third kappa shape index (κ3) is 2.16. The predicted octanol–water partition coefficient (Wildman–Crippen LogP) is 1.45. The van der Waals surface area contributed by atoms with E-state index in [1.807, 2.05) is 43.6 Å². The van der Waals surface area contributed by atoms with Gasteiger partial charge in [0.15, 0.2) is 0 Å². The van der Waals surface area contributed by atoms with Crippen molar-refractivity contribution in [1.82, 2.24) is 14.7 Å². The van der Waals surface area contributed by atoms with Gasteiger partial charge in [-0.1, -0.05) is 30.3 Å². The zero-order valence-electron chi connectivity index (χ0n) is 11.1. The van der Waals surface area contributed by atoms with E-state index in [0.29, 0.717) is 12.4 Å². The molecular weight excluding hydrogens is 254 g/mol. The minimum atomic E-state index is -0.337. The smallest absolute Gasteiger partial charge is 0.346 e. The van der Waals surface area contributed by atoms with Crippen molar-refractivity contribution in [3.05, 3.63) is 53.9 Å². The molecule has 1 atom stereocenters. The summed E-state index contributed by atoms with van der Waals surface area (Å²) in [5, 5.41) is 4.13. The van der Waals surface area contributed by atoms with E-state index in [2.05, 4.69) is 10.1 Å². The SMILES string of the molecule is Cn1cc(C2C(N)=NC(=O)N2Cc2ccccc2)cn1. The van der Waals surface area contributed by atoms with Crippen molar-refractivity contribution >= 4 is 11.9 Å². The first kappa shape index (κ1) is 12.4. The fourth-order valence-electron chi connectivity index (χ4n) is 2.38. The molecule has 1 aromatic carbocycles. The minimum Gasteiger partial charge on any atom is -0.385 e. The monoisotopic (exact) mass is 269 g/mol. The second-order valence-corrected chi connectivity index (χ2v) is 4.78. The Labute approximate surface area is 116 Å². The molecule has 6 heteroatoms. The molecule has 0 radical (unpaired) electrons. The number of nitrogens with zero attached hydrogens (tertiary/aromatic N) is 4. The van der Waals surface area contributed by atoms with Gasteiger partial charge in [0.1, 0.15) is 11.9 Å². The summed E-state index contributed by atoms with van der Waals surface area (Å²) in [6.07, 6.45) is 3.56. The third-order valence-electron chi connectivity index (χ3n) is 3.30. The Balaban J connectivity index is 1.90. The molecular formula is C14H15N5O. The molecule has 2 N–H and O–H groups in total. The summed E-state index contributed by atoms with van der Waals surface area (Å²) in [4.78, 5) is 17.5. The molecule has 2 amide bonds. The Hall–Kier alpha value is -2.63. The highest BCUT2D eigenvalue weighted by Gasteiger charge is 2.35. The van der Waals surface area contributed by atoms with E-state index in [-0.39, 0.29) is 12.1 Å². The Bertz CT molecular complexity index is 661. The summed E-state index contributed by atoms with van der Waals surface area (Å²) in [6, 6.07) is 9.14. The number of benzene rings is 1. The second kappa shape index (κ2) is 4.80. The van der Waals surface area contributed by atoms with Crippen LogP contribution in [0.25, 0.3) is 0 Å². The van der Waals surface area contributed by atoms with Gasteiger partial charge in [-0.05, 0) is 5.56 Å². The number of urea groups is 1. The summed E-state index contributed by atoms with van der Waals surface area (Å²) in [5.41, 5.74) is 7.82. The molecule has 3 rings (SSSR count). The molecule has 102 valence electrons. The molecule has 0 aliphatic carbocycles. The lowest BCUT2D eigenvalue weighted by atomic mass is 10.1. The Kier molecular flexibility index (Phi) is 2.98. The van der Waals surface area contributed by atoms with E-state index < -0.39 is 0 Å². The van der Waals surface area contributed by atoms with Gasteiger partial charge in [0.05, 0.1) is 6.20 Å². The van der Waals surface area contributed by atoms with Crippen LogP contribution in [-0.4, -0.2) is 26.5 Å². The summed E-state index contributed by atoms with van der Waals surface area (Å²) in [6.45, 7) is 0.476. The first-order valence-corrected chi connectivity index (χ1v) is 6.32. The molecule has 0 bridgehead atoms. The maximum absolute atomic E-state index is 12.0. The van der Waals surface area contributed by atoms with Gasteiger partial charge >= 0.3 is 6.03 Å². The number of hydrogen-bond acceptors (Lipinski definition) is 3. The number of aliphatic imine (C=N–C) groups is 1. The molecule has 20 heavy (non-hydrogen) atoms. The molecule has 0 saturated carbocycles. The number of carbonyl (C=O) groups excluding carboxylic acids is 1. The molecule has 0 fully saturated rings. The van der Waals surface area contributed by atoms with E-state index >= 15 is 0 Å². The van der Waals surface area contributed by atoms with Gasteiger partial charge in [-0.3, -0.25) is 4.68 Å². The van der Waals surface area contributed by atoms with Crippen LogP contribution in [0.1, 0.15) is 17.2 Å². The van der Waals surface area contributed by atoms with Crippen molar-refractivity contribution in [2.24, 2.45) is 17.8 Å². The number of amides is 2. The number of aromatic nitrogens is 2. The van der Waals surface area contributed by atoms with Crippen molar-refractivity contribution in [1.29, 1.82) is 0 Å². The first-order chi connectivity index (χ1) is 9.65. The quantitative estimate of drug-likeness (QED) is 0.916. The summed E-state index contributed by atoms with van der Waals surface area (Å²) >= 11 is 0. The van der Waals surface area contributed by atoms with Gasteiger partial charge in [0, 0.05) is 25.4 Å². The number of rotatable bonds is 3. The van der Waals surface area contributed by atoms with Gasteiger partial charge in [-0.15, -0.1) is 0 Å². The van der Waals surface area contributed by atoms with E-state index in [0.717, 1.165) is 11.1 Å². The average molecular weight is 269 g/mol. The van der Waals surface area contributed by atoms with Crippen LogP contribution >= 0.6 is 0 Å². The molecule has 1 aliphatic rings. The van der Waals surface area contributed by atoms with Crippen LogP contribution < -0.4 is 5.73 Å². The van der Waals surface area contributed by atoms with Crippen LogP contribution in [0.2, 0.25) is 0 Å². The van der Waals surface area contributed by atoms with E-state index in [1.54, 1.807) is 15.8 Å². The van der Waals surface area contributed by atoms with Crippen molar-refractivity contribution < 1.29 is 4.79 Å². The van der Waals surface area contributed by atoms with Crippen LogP contribution in [0, 0.1) is 0 Å². The number of amidine groups is 1. The lowest BCUT2D eigenvalue weighted by Crippen LogP contribution is -2.32. The molecule has 1 aromatic heterocycles. The lowest BCUT2D eigenvalue weighted by molar-refractivity contribution is 0.204. The summed E-state index contributed by atoms with van der Waals surface area (Å²) in [7, 11) is 1.83. The highest BCUT2D eigenvalue weighted by molar-refractivity contribution is 6.03. The Morgan fingerprint density at radius 1 is 1.30 bits per heavy atom. The Morgan fingerprint density at radius 3 is 2.70 bits per heavy atom. The number of aryl methyl sites for hydroxylation is 1. The van der Waals surface area contributed by atoms with Crippen LogP contribution in [0.3, 0.4) is 0 Å². The van der Waals surface area contributed by atoms with E-state index in [9.17, 15) is 4.79 Å². The standard InChI is InChI=1S/C14H15N5O/c1-18-9-11(7-16-18)12-13(15)17-14(20)19(12)8-10-5-3-2-4-6-10/h2-7,9,12H,8H2,1H3,(H2,15,17,20). The Morgan fingerprint density at radius 2 is 2.05 bits per heavy atom. The highest BCUT2D eigenvalue weighted by atomic mass is 16.2. The van der Waals surface area contributed by atoms with E-state index in [1.165, 1.54) is 0 Å². The molecule has 0 spiro atoms. The van der Waals surface area contributed by atoms with Crippen LogP contribution in [0.4, 0.5) is 4.79 Å². The van der Waals surface area contributed by atoms with Gasteiger partial charge < -0.3 is 10.6 Å². The topological polar surface area (TPSA) is 76.5 Å². The number of hydrogen-bond donors (Lipinski definition) is 1. The molecule has 6 nitrogen and oxygen atoms in total. The maximum atomic E-state index is 12.0. The zero-order valence-corrected chi connectivity index (χ0v) is 11.1. The number of nitrogens with two attached hydrogens (primary N) is 1. The molecule has 1 aliphatic heterocycles. The lowest BCUT2D eigenvalue weighted by Gasteiger charge is -2.23. The molecule has 1 unspecified atom stereocenters. The number of carbonyl (C=O) groups is 1. The summed E-state index contributed by atoms with van der Waals surface area (Å²) < 4.78 is 1.69. The van der Waals surface area contributed by atoms with Crippen LogP contribution in [0.15, 0.2) is 47.7 Å². The normalized spacial score (nSPS) is 18.4. The fraction of sp³-hybridized carbons (Fsp3) is 0.214. The fourth-order valence-corrected chi connectivity index (χ4v) is 2.38. The molecule has 0 saturated heterocycles. The zero-order chi connectivity index (χ0) is 14.1. The van der Waals surface area contributed by atoms with Crippen LogP contribution in [0.5, 0.6) is 0 Å². The van der Waals surface area contributed by atoms with Crippen molar-refractivity contribution in [3.63, 3.8) is 0 Å².